The standard InChI is InChI=1S/C15H21N3O/c16-11-4-2-1-3-5-15(19)18-14-8-6-13(7-9-14)10-12-17/h6-9H,1-5,10-11,16H2,(H,18,19). The third-order valence-electron chi connectivity index (χ3n) is 2.88. The first-order chi connectivity index (χ1) is 9.26. The number of hydrogen-bond acceptors (Lipinski definition) is 3. The molecule has 0 aromatic heterocycles. The van der Waals surface area contributed by atoms with Crippen LogP contribution in [0.1, 0.15) is 37.7 Å². The van der Waals surface area contributed by atoms with Crippen molar-refractivity contribution in [1.29, 1.82) is 5.26 Å². The van der Waals surface area contributed by atoms with Crippen LogP contribution in [0.25, 0.3) is 0 Å². The van der Waals surface area contributed by atoms with Gasteiger partial charge in [0.2, 0.25) is 5.91 Å². The van der Waals surface area contributed by atoms with Gasteiger partial charge >= 0.3 is 0 Å². The molecule has 0 fully saturated rings. The monoisotopic (exact) mass is 259 g/mol. The van der Waals surface area contributed by atoms with Gasteiger partial charge in [0.25, 0.3) is 0 Å². The summed E-state index contributed by atoms with van der Waals surface area (Å²) in [6, 6.07) is 9.48. The zero-order valence-corrected chi connectivity index (χ0v) is 11.2. The van der Waals surface area contributed by atoms with Crippen LogP contribution in [-0.2, 0) is 11.2 Å². The van der Waals surface area contributed by atoms with Crippen molar-refractivity contribution < 1.29 is 4.79 Å². The van der Waals surface area contributed by atoms with Gasteiger partial charge in [0, 0.05) is 12.1 Å². The van der Waals surface area contributed by atoms with E-state index in [2.05, 4.69) is 11.4 Å². The molecule has 0 unspecified atom stereocenters. The third-order valence-corrected chi connectivity index (χ3v) is 2.88. The molecule has 1 aromatic carbocycles. The number of nitriles is 1. The number of anilines is 1. The van der Waals surface area contributed by atoms with Crippen molar-refractivity contribution in [2.24, 2.45) is 5.73 Å². The zero-order chi connectivity index (χ0) is 13.9. The Hall–Kier alpha value is -1.86. The van der Waals surface area contributed by atoms with Crippen LogP contribution >= 0.6 is 0 Å². The van der Waals surface area contributed by atoms with Crippen LogP contribution in [0.2, 0.25) is 0 Å². The van der Waals surface area contributed by atoms with Crippen LogP contribution in [0, 0.1) is 11.3 Å². The van der Waals surface area contributed by atoms with Crippen LogP contribution in [0.4, 0.5) is 5.69 Å². The maximum absolute atomic E-state index is 11.7. The molecule has 0 aliphatic heterocycles. The molecule has 4 nitrogen and oxygen atoms in total. The minimum Gasteiger partial charge on any atom is -0.330 e. The largest absolute Gasteiger partial charge is 0.330 e. The Morgan fingerprint density at radius 3 is 2.47 bits per heavy atom. The maximum atomic E-state index is 11.7. The summed E-state index contributed by atoms with van der Waals surface area (Å²) in [4.78, 5) is 11.7. The fourth-order valence-corrected chi connectivity index (χ4v) is 1.80. The molecule has 0 spiro atoms. The van der Waals surface area contributed by atoms with E-state index >= 15 is 0 Å². The van der Waals surface area contributed by atoms with E-state index in [1.54, 1.807) is 0 Å². The molecule has 1 aromatic rings. The molecule has 0 aliphatic rings. The number of unbranched alkanes of at least 4 members (excludes halogenated alkanes) is 3. The van der Waals surface area contributed by atoms with Crippen molar-refractivity contribution in [2.45, 2.75) is 38.5 Å². The number of hydrogen-bond donors (Lipinski definition) is 2. The van der Waals surface area contributed by atoms with Gasteiger partial charge in [0.05, 0.1) is 12.5 Å². The number of benzene rings is 1. The van der Waals surface area contributed by atoms with Gasteiger partial charge in [0.15, 0.2) is 0 Å². The number of nitrogens with zero attached hydrogens (tertiary/aromatic N) is 1. The van der Waals surface area contributed by atoms with E-state index in [-0.39, 0.29) is 5.91 Å². The van der Waals surface area contributed by atoms with Crippen molar-refractivity contribution in [1.82, 2.24) is 0 Å². The van der Waals surface area contributed by atoms with E-state index in [0.717, 1.165) is 43.5 Å². The first-order valence-corrected chi connectivity index (χ1v) is 6.72. The van der Waals surface area contributed by atoms with Gasteiger partial charge in [-0.05, 0) is 37.1 Å². The molecule has 0 saturated carbocycles. The number of nitrogens with two attached hydrogens (primary N) is 1. The SMILES string of the molecule is N#CCc1ccc(NC(=O)CCCCCCN)cc1. The molecule has 0 heterocycles. The Bertz CT molecular complexity index is 420. The van der Waals surface area contributed by atoms with E-state index in [4.69, 9.17) is 11.0 Å². The molecule has 0 atom stereocenters. The third kappa shape index (κ3) is 6.58. The Morgan fingerprint density at radius 1 is 1.16 bits per heavy atom. The van der Waals surface area contributed by atoms with E-state index in [0.29, 0.717) is 12.8 Å². The Balaban J connectivity index is 2.26. The molecule has 4 heteroatoms. The van der Waals surface area contributed by atoms with Crippen LogP contribution < -0.4 is 11.1 Å². The first-order valence-electron chi connectivity index (χ1n) is 6.72. The molecule has 3 N–H and O–H groups in total. The topological polar surface area (TPSA) is 78.9 Å². The molecule has 19 heavy (non-hydrogen) atoms. The van der Waals surface area contributed by atoms with Crippen LogP contribution in [-0.4, -0.2) is 12.5 Å². The summed E-state index contributed by atoms with van der Waals surface area (Å²) in [7, 11) is 0. The fraction of sp³-hybridized carbons (Fsp3) is 0.467. The second kappa shape index (κ2) is 9.12. The number of carbonyl (C=O) groups is 1. The van der Waals surface area contributed by atoms with Crippen LogP contribution in [0.5, 0.6) is 0 Å². The van der Waals surface area contributed by atoms with Crippen LogP contribution in [0.15, 0.2) is 24.3 Å². The summed E-state index contributed by atoms with van der Waals surface area (Å²) in [6.07, 6.45) is 5.01. The lowest BCUT2D eigenvalue weighted by molar-refractivity contribution is -0.116. The van der Waals surface area contributed by atoms with Crippen molar-refractivity contribution in [2.75, 3.05) is 11.9 Å². The van der Waals surface area contributed by atoms with Gasteiger partial charge in [-0.15, -0.1) is 0 Å². The second-order valence-corrected chi connectivity index (χ2v) is 4.53. The van der Waals surface area contributed by atoms with Gasteiger partial charge in [-0.2, -0.15) is 5.26 Å². The van der Waals surface area contributed by atoms with Crippen molar-refractivity contribution >= 4 is 11.6 Å². The summed E-state index contributed by atoms with van der Waals surface area (Å²) < 4.78 is 0. The maximum Gasteiger partial charge on any atom is 0.224 e. The highest BCUT2D eigenvalue weighted by Gasteiger charge is 2.02. The van der Waals surface area contributed by atoms with Crippen molar-refractivity contribution in [3.63, 3.8) is 0 Å². The number of nitrogens with one attached hydrogen (secondary N) is 1. The molecule has 1 amide bonds. The average molecular weight is 259 g/mol. The summed E-state index contributed by atoms with van der Waals surface area (Å²) in [6.45, 7) is 0.723. The van der Waals surface area contributed by atoms with Gasteiger partial charge < -0.3 is 11.1 Å². The highest BCUT2D eigenvalue weighted by Crippen LogP contribution is 2.11. The van der Waals surface area contributed by atoms with Gasteiger partial charge in [-0.1, -0.05) is 25.0 Å². The zero-order valence-electron chi connectivity index (χ0n) is 11.2. The predicted molar refractivity (Wildman–Crippen MR) is 76.5 cm³/mol. The van der Waals surface area contributed by atoms with Gasteiger partial charge in [0.1, 0.15) is 0 Å². The molecular weight excluding hydrogens is 238 g/mol. The fourth-order valence-electron chi connectivity index (χ4n) is 1.80. The number of rotatable bonds is 8. The molecule has 102 valence electrons. The summed E-state index contributed by atoms with van der Waals surface area (Å²) in [5.41, 5.74) is 7.15. The van der Waals surface area contributed by atoms with Gasteiger partial charge in [-0.3, -0.25) is 4.79 Å². The molecule has 0 aliphatic carbocycles. The van der Waals surface area contributed by atoms with Crippen LogP contribution in [0.3, 0.4) is 0 Å². The van der Waals surface area contributed by atoms with E-state index in [1.165, 1.54) is 0 Å². The first kappa shape index (κ1) is 15.2. The number of amides is 1. The van der Waals surface area contributed by atoms with Crippen molar-refractivity contribution in [3.8, 4) is 6.07 Å². The van der Waals surface area contributed by atoms with Crippen molar-refractivity contribution in [3.05, 3.63) is 29.8 Å². The Morgan fingerprint density at radius 2 is 1.84 bits per heavy atom. The molecule has 1 rings (SSSR count). The lowest BCUT2D eigenvalue weighted by Crippen LogP contribution is -2.11. The number of carbonyl (C=O) groups excluding carboxylic acids is 1. The smallest absolute Gasteiger partial charge is 0.224 e. The summed E-state index contributed by atoms with van der Waals surface area (Å²) >= 11 is 0. The Kier molecular flexibility index (Phi) is 7.30. The lowest BCUT2D eigenvalue weighted by atomic mass is 10.1. The minimum absolute atomic E-state index is 0.0424. The highest BCUT2D eigenvalue weighted by molar-refractivity contribution is 5.90. The van der Waals surface area contributed by atoms with E-state index in [1.807, 2.05) is 24.3 Å². The van der Waals surface area contributed by atoms with E-state index < -0.39 is 0 Å². The predicted octanol–water partition coefficient (Wildman–Crippen LogP) is 2.60. The summed E-state index contributed by atoms with van der Waals surface area (Å²) in [5.74, 6) is 0.0424. The molecule has 0 saturated heterocycles. The normalized spacial score (nSPS) is 9.89. The second-order valence-electron chi connectivity index (χ2n) is 4.53. The summed E-state index contributed by atoms with van der Waals surface area (Å²) in [5, 5.41) is 11.4. The average Bonchev–Trinajstić information content (AvgIpc) is 2.41. The molecular formula is C15H21N3O. The lowest BCUT2D eigenvalue weighted by Gasteiger charge is -2.05. The highest BCUT2D eigenvalue weighted by atomic mass is 16.1. The van der Waals surface area contributed by atoms with E-state index in [9.17, 15) is 4.79 Å². The quantitative estimate of drug-likeness (QED) is 0.704. The minimum atomic E-state index is 0.0424. The molecule has 0 radical (unpaired) electrons. The molecule has 0 bridgehead atoms. The Labute approximate surface area is 114 Å². The van der Waals surface area contributed by atoms with Gasteiger partial charge in [-0.25, -0.2) is 0 Å².